The molecular weight excluding hydrogens is 344 g/mol. The summed E-state index contributed by atoms with van der Waals surface area (Å²) in [6.07, 6.45) is 0.490. The lowest BCUT2D eigenvalue weighted by Gasteiger charge is -2.23. The average molecular weight is 364 g/mol. The second kappa shape index (κ2) is 6.97. The van der Waals surface area contributed by atoms with Gasteiger partial charge in [0.1, 0.15) is 11.2 Å². The fraction of sp³-hybridized carbons (Fsp3) is 0.471. The van der Waals surface area contributed by atoms with Gasteiger partial charge in [-0.2, -0.15) is 0 Å². The van der Waals surface area contributed by atoms with Gasteiger partial charge < -0.3 is 19.2 Å². The van der Waals surface area contributed by atoms with Crippen LogP contribution in [0.25, 0.3) is 10.8 Å². The van der Waals surface area contributed by atoms with Gasteiger partial charge in [-0.25, -0.2) is 4.98 Å². The highest BCUT2D eigenvalue weighted by Gasteiger charge is 2.46. The number of carbonyl (C=O) groups excluding carboxylic acids is 1. The zero-order chi connectivity index (χ0) is 18.0. The zero-order valence-corrected chi connectivity index (χ0v) is 15.0. The number of amides is 1. The van der Waals surface area contributed by atoms with E-state index >= 15 is 0 Å². The van der Waals surface area contributed by atoms with Gasteiger partial charge in [-0.3, -0.25) is 9.59 Å². The minimum Gasteiger partial charge on any atom is -0.481 e. The fourth-order valence-corrected chi connectivity index (χ4v) is 3.72. The van der Waals surface area contributed by atoms with E-state index in [1.165, 1.54) is 18.4 Å². The number of nitrogens with zero attached hydrogens (tertiary/aromatic N) is 2. The van der Waals surface area contributed by atoms with Crippen LogP contribution in [-0.2, 0) is 20.7 Å². The number of likely N-dealkylation sites (tertiary alicyclic amines) is 1. The number of thiophene rings is 1. The summed E-state index contributed by atoms with van der Waals surface area (Å²) in [4.78, 5) is 31.1. The van der Waals surface area contributed by atoms with E-state index in [2.05, 4.69) is 4.98 Å². The molecule has 1 N–H and O–H groups in total. The molecule has 134 valence electrons. The topological polar surface area (TPSA) is 92.9 Å². The molecule has 0 aromatic carbocycles. The van der Waals surface area contributed by atoms with E-state index in [-0.39, 0.29) is 25.5 Å². The predicted molar refractivity (Wildman–Crippen MR) is 91.4 cm³/mol. The molecule has 7 nitrogen and oxygen atoms in total. The Morgan fingerprint density at radius 3 is 2.96 bits per heavy atom. The van der Waals surface area contributed by atoms with Gasteiger partial charge in [0.15, 0.2) is 0 Å². The van der Waals surface area contributed by atoms with Crippen molar-refractivity contribution in [3.05, 3.63) is 29.0 Å². The number of aryl methyl sites for hydroxylation is 1. The van der Waals surface area contributed by atoms with Crippen LogP contribution in [0, 0.1) is 12.3 Å². The molecule has 2 aromatic heterocycles. The Kier molecular flexibility index (Phi) is 4.91. The first-order valence-corrected chi connectivity index (χ1v) is 8.83. The fourth-order valence-electron chi connectivity index (χ4n) is 3.07. The molecule has 1 saturated heterocycles. The quantitative estimate of drug-likeness (QED) is 0.845. The van der Waals surface area contributed by atoms with Crippen molar-refractivity contribution in [3.8, 4) is 10.8 Å². The van der Waals surface area contributed by atoms with Gasteiger partial charge in [-0.15, -0.1) is 11.3 Å². The first kappa shape index (κ1) is 17.6. The number of methoxy groups -OCH3 is 1. The third-order valence-electron chi connectivity index (χ3n) is 4.52. The Hall–Kier alpha value is -2.19. The number of hydrogen-bond donors (Lipinski definition) is 1. The molecule has 1 aliphatic heterocycles. The first-order chi connectivity index (χ1) is 11.9. The highest BCUT2D eigenvalue weighted by atomic mass is 32.1. The molecule has 1 unspecified atom stereocenters. The number of aliphatic carboxylic acids is 1. The Morgan fingerprint density at radius 2 is 2.32 bits per heavy atom. The largest absolute Gasteiger partial charge is 0.481 e. The van der Waals surface area contributed by atoms with Gasteiger partial charge in [0.2, 0.25) is 11.8 Å². The number of hydrogen-bond acceptors (Lipinski definition) is 6. The van der Waals surface area contributed by atoms with Crippen molar-refractivity contribution in [2.24, 2.45) is 5.41 Å². The molecule has 1 atom stereocenters. The molecule has 0 bridgehead atoms. The normalized spacial score (nSPS) is 20.2. The summed E-state index contributed by atoms with van der Waals surface area (Å²) in [5, 5.41) is 11.4. The lowest BCUT2D eigenvalue weighted by molar-refractivity contribution is -0.151. The maximum absolute atomic E-state index is 12.6. The molecule has 0 saturated carbocycles. The smallest absolute Gasteiger partial charge is 0.313 e. The average Bonchev–Trinajstić information content (AvgIpc) is 3.28. The van der Waals surface area contributed by atoms with Crippen molar-refractivity contribution >= 4 is 23.2 Å². The van der Waals surface area contributed by atoms with Crippen LogP contribution in [0.3, 0.4) is 0 Å². The molecule has 3 heterocycles. The molecule has 3 rings (SSSR count). The van der Waals surface area contributed by atoms with Crippen LogP contribution in [0.5, 0.6) is 0 Å². The van der Waals surface area contributed by atoms with E-state index in [9.17, 15) is 14.7 Å². The van der Waals surface area contributed by atoms with Crippen LogP contribution in [0.1, 0.15) is 17.9 Å². The molecule has 0 aliphatic carbocycles. The summed E-state index contributed by atoms with van der Waals surface area (Å²) in [6.45, 7) is 2.44. The van der Waals surface area contributed by atoms with Crippen LogP contribution >= 0.6 is 11.3 Å². The van der Waals surface area contributed by atoms with Gasteiger partial charge in [-0.05, 0) is 24.8 Å². The van der Waals surface area contributed by atoms with E-state index < -0.39 is 11.4 Å². The summed E-state index contributed by atoms with van der Waals surface area (Å²) < 4.78 is 10.7. The third-order valence-corrected chi connectivity index (χ3v) is 5.38. The Labute approximate surface area is 149 Å². The van der Waals surface area contributed by atoms with E-state index in [1.54, 1.807) is 11.8 Å². The predicted octanol–water partition coefficient (Wildman–Crippen LogP) is 2.20. The molecule has 1 amide bonds. The van der Waals surface area contributed by atoms with Crippen molar-refractivity contribution in [2.75, 3.05) is 26.8 Å². The Balaban J connectivity index is 1.70. The number of rotatable bonds is 6. The van der Waals surface area contributed by atoms with Gasteiger partial charge >= 0.3 is 5.97 Å². The minimum atomic E-state index is -1.02. The summed E-state index contributed by atoms with van der Waals surface area (Å²) in [7, 11) is 1.47. The van der Waals surface area contributed by atoms with Crippen molar-refractivity contribution in [1.29, 1.82) is 0 Å². The maximum atomic E-state index is 12.6. The zero-order valence-electron chi connectivity index (χ0n) is 14.2. The number of ether oxygens (including phenoxy) is 1. The first-order valence-electron chi connectivity index (χ1n) is 7.95. The van der Waals surface area contributed by atoms with E-state index in [1.807, 2.05) is 17.5 Å². The number of carbonyl (C=O) groups is 2. The van der Waals surface area contributed by atoms with Gasteiger partial charge in [-0.1, -0.05) is 6.07 Å². The molecule has 0 radical (unpaired) electrons. The van der Waals surface area contributed by atoms with E-state index in [0.29, 0.717) is 30.3 Å². The monoisotopic (exact) mass is 364 g/mol. The summed E-state index contributed by atoms with van der Waals surface area (Å²) in [6, 6.07) is 3.82. The standard InChI is InChI=1S/C17H20N2O5S/c1-11-12(18-15(24-11)13-4-3-7-25-13)8-14(20)19-6-5-17(9-19,10-23-2)16(21)22/h3-4,7H,5-6,8-10H2,1-2H3,(H,21,22). The van der Waals surface area contributed by atoms with Crippen LogP contribution in [0.4, 0.5) is 0 Å². The van der Waals surface area contributed by atoms with Crippen LogP contribution < -0.4 is 0 Å². The minimum absolute atomic E-state index is 0.0949. The Bertz CT molecular complexity index is 770. The number of aromatic nitrogens is 1. The third kappa shape index (κ3) is 3.45. The molecule has 1 aliphatic rings. The molecule has 2 aromatic rings. The van der Waals surface area contributed by atoms with Gasteiger partial charge in [0.05, 0.1) is 23.6 Å². The van der Waals surface area contributed by atoms with Crippen molar-refractivity contribution in [3.63, 3.8) is 0 Å². The second-order valence-electron chi connectivity index (χ2n) is 6.26. The van der Waals surface area contributed by atoms with E-state index in [4.69, 9.17) is 9.15 Å². The summed E-state index contributed by atoms with van der Waals surface area (Å²) in [5.74, 6) is 0.0453. The SMILES string of the molecule is COCC1(C(=O)O)CCN(C(=O)Cc2nc(-c3cccs3)oc2C)C1. The lowest BCUT2D eigenvalue weighted by atomic mass is 9.88. The molecule has 25 heavy (non-hydrogen) atoms. The number of carboxylic acid groups (broad SMARTS) is 1. The molecule has 8 heteroatoms. The maximum Gasteiger partial charge on any atom is 0.313 e. The van der Waals surface area contributed by atoms with Crippen LogP contribution in [0.15, 0.2) is 21.9 Å². The highest BCUT2D eigenvalue weighted by Crippen LogP contribution is 2.32. The number of oxazole rings is 1. The van der Waals surface area contributed by atoms with E-state index in [0.717, 1.165) is 4.88 Å². The van der Waals surface area contributed by atoms with Gasteiger partial charge in [0.25, 0.3) is 0 Å². The van der Waals surface area contributed by atoms with Gasteiger partial charge in [0, 0.05) is 20.2 Å². The highest BCUT2D eigenvalue weighted by molar-refractivity contribution is 7.13. The second-order valence-corrected chi connectivity index (χ2v) is 7.21. The lowest BCUT2D eigenvalue weighted by Crippen LogP contribution is -2.40. The summed E-state index contributed by atoms with van der Waals surface area (Å²) in [5.41, 5.74) is -0.432. The summed E-state index contributed by atoms with van der Waals surface area (Å²) >= 11 is 1.52. The molecule has 0 spiro atoms. The van der Waals surface area contributed by atoms with Crippen LogP contribution in [-0.4, -0.2) is 53.7 Å². The molecule has 1 fully saturated rings. The number of carboxylic acids is 1. The Morgan fingerprint density at radius 1 is 1.52 bits per heavy atom. The van der Waals surface area contributed by atoms with Crippen molar-refractivity contribution in [2.45, 2.75) is 19.8 Å². The van der Waals surface area contributed by atoms with Crippen molar-refractivity contribution < 1.29 is 23.8 Å². The molecular formula is C17H20N2O5S. The van der Waals surface area contributed by atoms with Crippen LogP contribution in [0.2, 0.25) is 0 Å². The van der Waals surface area contributed by atoms with Crippen molar-refractivity contribution in [1.82, 2.24) is 9.88 Å².